The molecule has 1 unspecified atom stereocenters. The number of guanidine groups is 1. The lowest BCUT2D eigenvalue weighted by atomic mass is 10.1. The van der Waals surface area contributed by atoms with Crippen LogP contribution in [0.15, 0.2) is 47.5 Å². The van der Waals surface area contributed by atoms with Gasteiger partial charge in [-0.3, -0.25) is 5.32 Å². The second-order valence-corrected chi connectivity index (χ2v) is 6.98. The average Bonchev–Trinajstić information content (AvgIpc) is 2.70. The highest BCUT2D eigenvalue weighted by molar-refractivity contribution is 6.34. The van der Waals surface area contributed by atoms with Crippen LogP contribution in [0.1, 0.15) is 24.2 Å². The van der Waals surface area contributed by atoms with Crippen molar-refractivity contribution < 1.29 is 14.6 Å². The largest absolute Gasteiger partial charge is 0.453 e. The number of aliphatic hydroxyl groups excluding tert-OH is 1. The molecule has 9 heteroatoms. The van der Waals surface area contributed by atoms with Crippen molar-refractivity contribution >= 4 is 40.9 Å². The molecule has 0 bridgehead atoms. The first-order valence-corrected chi connectivity index (χ1v) is 9.77. The monoisotopic (exact) mass is 438 g/mol. The highest BCUT2D eigenvalue weighted by atomic mass is 35.5. The fourth-order valence-corrected chi connectivity index (χ4v) is 3.00. The van der Waals surface area contributed by atoms with Crippen LogP contribution in [-0.4, -0.2) is 37.4 Å². The van der Waals surface area contributed by atoms with Crippen molar-refractivity contribution in [3.8, 4) is 0 Å². The van der Waals surface area contributed by atoms with Gasteiger partial charge in [0.05, 0.1) is 19.8 Å². The Morgan fingerprint density at radius 1 is 1.14 bits per heavy atom. The van der Waals surface area contributed by atoms with Crippen molar-refractivity contribution in [3.05, 3.63) is 63.6 Å². The zero-order chi connectivity index (χ0) is 21.2. The summed E-state index contributed by atoms with van der Waals surface area (Å²) in [6.07, 6.45) is -1.31. The molecule has 2 aromatic rings. The van der Waals surface area contributed by atoms with E-state index in [4.69, 9.17) is 23.2 Å². The maximum absolute atomic E-state index is 11.2. The number of ether oxygens (including phenoxy) is 1. The Kier molecular flexibility index (Phi) is 9.05. The first kappa shape index (κ1) is 22.8. The second-order valence-electron chi connectivity index (χ2n) is 6.11. The molecule has 4 N–H and O–H groups in total. The number of methoxy groups -OCH3 is 1. The van der Waals surface area contributed by atoms with Gasteiger partial charge in [0.1, 0.15) is 0 Å². The molecule has 0 saturated carbocycles. The molecule has 2 rings (SSSR count). The summed E-state index contributed by atoms with van der Waals surface area (Å²) >= 11 is 12.0. The van der Waals surface area contributed by atoms with Crippen molar-refractivity contribution in [1.82, 2.24) is 10.6 Å². The quantitative estimate of drug-likeness (QED) is 0.387. The molecule has 7 nitrogen and oxygen atoms in total. The Labute approximate surface area is 180 Å². The van der Waals surface area contributed by atoms with Crippen molar-refractivity contribution in [3.63, 3.8) is 0 Å². The summed E-state index contributed by atoms with van der Waals surface area (Å²) in [5.41, 5.74) is 2.22. The molecule has 0 aliphatic carbocycles. The molecular weight excluding hydrogens is 415 g/mol. The number of rotatable bonds is 7. The highest BCUT2D eigenvalue weighted by Crippen LogP contribution is 2.23. The SMILES string of the molecule is CCNC(=NCc1ccc(NC(=O)OC)cc1)NCC(O)c1cc(Cl)cc(Cl)c1. The number of carbonyl (C=O) groups excluding carboxylic acids is 1. The van der Waals surface area contributed by atoms with E-state index in [1.165, 1.54) is 7.11 Å². The van der Waals surface area contributed by atoms with E-state index in [0.29, 0.717) is 40.3 Å². The van der Waals surface area contributed by atoms with Gasteiger partial charge in [0, 0.05) is 28.8 Å². The molecular formula is C20H24Cl2N4O3. The second kappa shape index (κ2) is 11.5. The van der Waals surface area contributed by atoms with Crippen LogP contribution in [0.25, 0.3) is 0 Å². The van der Waals surface area contributed by atoms with Crippen LogP contribution < -0.4 is 16.0 Å². The van der Waals surface area contributed by atoms with Crippen LogP contribution >= 0.6 is 23.2 Å². The van der Waals surface area contributed by atoms with Crippen LogP contribution in [-0.2, 0) is 11.3 Å². The van der Waals surface area contributed by atoms with Crippen LogP contribution in [0.5, 0.6) is 0 Å². The third-order valence-electron chi connectivity index (χ3n) is 3.88. The molecule has 0 fully saturated rings. The van der Waals surface area contributed by atoms with Gasteiger partial charge in [-0.2, -0.15) is 0 Å². The molecule has 29 heavy (non-hydrogen) atoms. The summed E-state index contributed by atoms with van der Waals surface area (Å²) in [6, 6.07) is 12.2. The Balaban J connectivity index is 1.95. The lowest BCUT2D eigenvalue weighted by Crippen LogP contribution is -2.39. The fraction of sp³-hybridized carbons (Fsp3) is 0.300. The summed E-state index contributed by atoms with van der Waals surface area (Å²) in [7, 11) is 1.31. The molecule has 0 aliphatic heterocycles. The van der Waals surface area contributed by atoms with E-state index in [9.17, 15) is 9.90 Å². The zero-order valence-electron chi connectivity index (χ0n) is 16.2. The Bertz CT molecular complexity index is 824. The third kappa shape index (κ3) is 7.81. The predicted molar refractivity (Wildman–Crippen MR) is 117 cm³/mol. The average molecular weight is 439 g/mol. The van der Waals surface area contributed by atoms with Gasteiger partial charge >= 0.3 is 6.09 Å². The summed E-state index contributed by atoms with van der Waals surface area (Å²) in [5.74, 6) is 0.566. The molecule has 0 aliphatic rings. The van der Waals surface area contributed by atoms with E-state index < -0.39 is 12.2 Å². The fourth-order valence-electron chi connectivity index (χ4n) is 2.45. The normalized spacial score (nSPS) is 12.2. The Morgan fingerprint density at radius 2 is 1.79 bits per heavy atom. The number of hydrogen-bond donors (Lipinski definition) is 4. The smallest absolute Gasteiger partial charge is 0.411 e. The molecule has 2 aromatic carbocycles. The standard InChI is InChI=1S/C20H24Cl2N4O3/c1-3-23-19(25-12-18(27)14-8-15(21)10-16(22)9-14)24-11-13-4-6-17(7-5-13)26-20(28)29-2/h4-10,18,27H,3,11-12H2,1-2H3,(H,26,28)(H2,23,24,25). The molecule has 1 atom stereocenters. The van der Waals surface area contributed by atoms with Crippen LogP contribution in [0.4, 0.5) is 10.5 Å². The summed E-state index contributed by atoms with van der Waals surface area (Å²) < 4.78 is 4.56. The predicted octanol–water partition coefficient (Wildman–Crippen LogP) is 3.96. The van der Waals surface area contributed by atoms with Crippen molar-refractivity contribution in [2.75, 3.05) is 25.5 Å². The molecule has 156 valence electrons. The van der Waals surface area contributed by atoms with Crippen molar-refractivity contribution in [1.29, 1.82) is 0 Å². The van der Waals surface area contributed by atoms with E-state index in [-0.39, 0.29) is 6.54 Å². The summed E-state index contributed by atoms with van der Waals surface area (Å²) in [6.45, 7) is 3.29. The maximum Gasteiger partial charge on any atom is 0.411 e. The molecule has 0 spiro atoms. The number of hydrogen-bond acceptors (Lipinski definition) is 4. The first-order valence-electron chi connectivity index (χ1n) is 9.01. The topological polar surface area (TPSA) is 95.0 Å². The summed E-state index contributed by atoms with van der Waals surface area (Å²) in [5, 5.41) is 20.2. The molecule has 0 aromatic heterocycles. The summed E-state index contributed by atoms with van der Waals surface area (Å²) in [4.78, 5) is 15.7. The van der Waals surface area contributed by atoms with Crippen LogP contribution in [0, 0.1) is 0 Å². The minimum Gasteiger partial charge on any atom is -0.453 e. The number of aliphatic hydroxyl groups is 1. The molecule has 0 radical (unpaired) electrons. The van der Waals surface area contributed by atoms with Gasteiger partial charge in [-0.1, -0.05) is 35.3 Å². The number of nitrogens with zero attached hydrogens (tertiary/aromatic N) is 1. The van der Waals surface area contributed by atoms with Gasteiger partial charge in [0.25, 0.3) is 0 Å². The van der Waals surface area contributed by atoms with E-state index in [0.717, 1.165) is 5.56 Å². The minimum atomic E-state index is -0.793. The lowest BCUT2D eigenvalue weighted by Gasteiger charge is -2.16. The van der Waals surface area contributed by atoms with E-state index in [1.54, 1.807) is 30.3 Å². The van der Waals surface area contributed by atoms with Crippen molar-refractivity contribution in [2.45, 2.75) is 19.6 Å². The Morgan fingerprint density at radius 3 is 2.38 bits per heavy atom. The van der Waals surface area contributed by atoms with Gasteiger partial charge in [0.2, 0.25) is 0 Å². The maximum atomic E-state index is 11.2. The number of anilines is 1. The first-order chi connectivity index (χ1) is 13.9. The lowest BCUT2D eigenvalue weighted by molar-refractivity contribution is 0.181. The van der Waals surface area contributed by atoms with Crippen molar-refractivity contribution in [2.24, 2.45) is 4.99 Å². The van der Waals surface area contributed by atoms with Crippen LogP contribution in [0.3, 0.4) is 0 Å². The number of halogens is 2. The van der Waals surface area contributed by atoms with E-state index >= 15 is 0 Å². The number of aliphatic imine (C=N–C) groups is 1. The number of nitrogens with one attached hydrogen (secondary N) is 3. The highest BCUT2D eigenvalue weighted by Gasteiger charge is 2.10. The van der Waals surface area contributed by atoms with Gasteiger partial charge in [-0.25, -0.2) is 9.79 Å². The van der Waals surface area contributed by atoms with E-state index in [1.807, 2.05) is 19.1 Å². The van der Waals surface area contributed by atoms with Gasteiger partial charge in [-0.15, -0.1) is 0 Å². The van der Waals surface area contributed by atoms with Gasteiger partial charge in [-0.05, 0) is 48.4 Å². The molecule has 1 amide bonds. The van der Waals surface area contributed by atoms with E-state index in [2.05, 4.69) is 25.7 Å². The Hall–Kier alpha value is -2.48. The van der Waals surface area contributed by atoms with Crippen LogP contribution in [0.2, 0.25) is 10.0 Å². The number of carbonyl (C=O) groups is 1. The number of amides is 1. The zero-order valence-corrected chi connectivity index (χ0v) is 17.7. The molecule has 0 saturated heterocycles. The minimum absolute atomic E-state index is 0.241. The number of benzene rings is 2. The van der Waals surface area contributed by atoms with Gasteiger partial charge in [0.15, 0.2) is 5.96 Å². The molecule has 0 heterocycles. The van der Waals surface area contributed by atoms with Gasteiger partial charge < -0.3 is 20.5 Å². The third-order valence-corrected chi connectivity index (χ3v) is 4.32.